The molecule has 0 amide bonds. The SMILES string of the molecule is CCOc1nc(N)nc2c1ncn2C1O[C@H](COP(=O)(N[C@@H](C)C(=O)OCC(C)(C)C)Oc2cccc3ccccc23)[C@@H](F)[C@@]1(C)O. The fourth-order valence-electron chi connectivity index (χ4n) is 5.04. The van der Waals surface area contributed by atoms with Crippen LogP contribution in [0.15, 0.2) is 48.8 Å². The van der Waals surface area contributed by atoms with Gasteiger partial charge >= 0.3 is 13.7 Å². The number of esters is 1. The molecule has 4 aromatic rings. The largest absolute Gasteiger partial charge is 0.476 e. The van der Waals surface area contributed by atoms with Crippen LogP contribution in [0.3, 0.4) is 0 Å². The molecule has 1 aliphatic rings. The van der Waals surface area contributed by atoms with E-state index >= 15 is 4.39 Å². The van der Waals surface area contributed by atoms with Gasteiger partial charge in [0.25, 0.3) is 0 Å². The van der Waals surface area contributed by atoms with Crippen molar-refractivity contribution in [1.29, 1.82) is 0 Å². The Balaban J connectivity index is 1.40. The number of halogens is 1. The van der Waals surface area contributed by atoms with E-state index < -0.39 is 50.5 Å². The lowest BCUT2D eigenvalue weighted by Crippen LogP contribution is -2.42. The summed E-state index contributed by atoms with van der Waals surface area (Å²) in [6, 6.07) is 11.3. The van der Waals surface area contributed by atoms with Crippen molar-refractivity contribution in [3.05, 3.63) is 48.8 Å². The molecule has 254 valence electrons. The first-order valence-corrected chi connectivity index (χ1v) is 16.7. The number of imidazole rings is 1. The summed E-state index contributed by atoms with van der Waals surface area (Å²) in [6.45, 7) is 9.93. The lowest BCUT2D eigenvalue weighted by Gasteiger charge is -2.26. The minimum absolute atomic E-state index is 0.120. The molecule has 0 spiro atoms. The summed E-state index contributed by atoms with van der Waals surface area (Å²) in [5.74, 6) is -0.482. The highest BCUT2D eigenvalue weighted by Gasteiger charge is 2.55. The van der Waals surface area contributed by atoms with Crippen LogP contribution in [0.4, 0.5) is 10.3 Å². The third kappa shape index (κ3) is 7.49. The number of nitrogens with zero attached hydrogens (tertiary/aromatic N) is 4. The Morgan fingerprint density at radius 3 is 2.68 bits per heavy atom. The van der Waals surface area contributed by atoms with Gasteiger partial charge in [0, 0.05) is 5.39 Å². The average molecular weight is 675 g/mol. The third-order valence-electron chi connectivity index (χ3n) is 7.36. The zero-order valence-electron chi connectivity index (χ0n) is 27.0. The number of nitrogen functional groups attached to an aromatic ring is 1. The molecule has 14 nitrogen and oxygen atoms in total. The maximum Gasteiger partial charge on any atom is 0.459 e. The molecule has 1 saturated heterocycles. The van der Waals surface area contributed by atoms with Crippen LogP contribution in [0, 0.1) is 5.41 Å². The molecule has 1 aliphatic heterocycles. The Labute approximate surface area is 271 Å². The molecule has 6 atom stereocenters. The maximum absolute atomic E-state index is 15.9. The van der Waals surface area contributed by atoms with E-state index in [-0.39, 0.29) is 47.4 Å². The summed E-state index contributed by atoms with van der Waals surface area (Å²) >= 11 is 0. The van der Waals surface area contributed by atoms with Gasteiger partial charge in [0.2, 0.25) is 11.8 Å². The van der Waals surface area contributed by atoms with Crippen molar-refractivity contribution in [1.82, 2.24) is 24.6 Å². The monoisotopic (exact) mass is 674 g/mol. The summed E-state index contributed by atoms with van der Waals surface area (Å²) < 4.78 is 60.1. The molecule has 16 heteroatoms. The maximum atomic E-state index is 15.9. The fourth-order valence-corrected chi connectivity index (χ4v) is 6.56. The molecular formula is C31H40FN6O8P. The van der Waals surface area contributed by atoms with Gasteiger partial charge in [-0.3, -0.25) is 13.9 Å². The van der Waals surface area contributed by atoms with E-state index in [2.05, 4.69) is 20.0 Å². The highest BCUT2D eigenvalue weighted by atomic mass is 31.2. The minimum Gasteiger partial charge on any atom is -0.476 e. The smallest absolute Gasteiger partial charge is 0.459 e. The number of anilines is 1. The first-order chi connectivity index (χ1) is 22.1. The second-order valence-electron chi connectivity index (χ2n) is 12.7. The van der Waals surface area contributed by atoms with Gasteiger partial charge in [-0.05, 0) is 37.6 Å². The topological polar surface area (TPSA) is 182 Å². The van der Waals surface area contributed by atoms with Crippen molar-refractivity contribution >= 4 is 41.6 Å². The van der Waals surface area contributed by atoms with Gasteiger partial charge in [-0.1, -0.05) is 57.2 Å². The van der Waals surface area contributed by atoms with E-state index in [1.807, 2.05) is 39.0 Å². The number of hydrogen-bond acceptors (Lipinski definition) is 12. The van der Waals surface area contributed by atoms with Crippen LogP contribution in [0.1, 0.15) is 47.8 Å². The molecule has 0 radical (unpaired) electrons. The number of aliphatic hydroxyl groups is 1. The Morgan fingerprint density at radius 1 is 1.23 bits per heavy atom. The number of nitrogens with one attached hydrogen (secondary N) is 1. The number of alkyl halides is 1. The van der Waals surface area contributed by atoms with Crippen LogP contribution >= 0.6 is 7.75 Å². The van der Waals surface area contributed by atoms with Crippen molar-refractivity contribution in [3.8, 4) is 11.6 Å². The number of ether oxygens (including phenoxy) is 3. The van der Waals surface area contributed by atoms with Gasteiger partial charge in [-0.25, -0.2) is 13.9 Å². The lowest BCUT2D eigenvalue weighted by atomic mass is 9.98. The van der Waals surface area contributed by atoms with Crippen LogP contribution in [0.25, 0.3) is 21.9 Å². The van der Waals surface area contributed by atoms with E-state index in [0.717, 1.165) is 5.39 Å². The first-order valence-electron chi connectivity index (χ1n) is 15.1. The second kappa shape index (κ2) is 13.3. The molecule has 1 fully saturated rings. The number of benzene rings is 2. The van der Waals surface area contributed by atoms with E-state index in [0.29, 0.717) is 5.39 Å². The molecule has 4 N–H and O–H groups in total. The lowest BCUT2D eigenvalue weighted by molar-refractivity contribution is -0.148. The van der Waals surface area contributed by atoms with E-state index in [1.165, 1.54) is 24.7 Å². The summed E-state index contributed by atoms with van der Waals surface area (Å²) in [5, 5.41) is 15.4. The van der Waals surface area contributed by atoms with Gasteiger partial charge in [-0.2, -0.15) is 15.1 Å². The van der Waals surface area contributed by atoms with Crippen LogP contribution in [-0.2, 0) is 23.4 Å². The van der Waals surface area contributed by atoms with Gasteiger partial charge in [0.15, 0.2) is 23.6 Å². The normalized spacial score (nSPS) is 23.4. The number of rotatable bonds is 12. The third-order valence-corrected chi connectivity index (χ3v) is 8.99. The average Bonchev–Trinajstić information content (AvgIpc) is 3.52. The predicted octanol–water partition coefficient (Wildman–Crippen LogP) is 4.72. The molecule has 0 saturated carbocycles. The number of hydrogen-bond donors (Lipinski definition) is 3. The number of carbonyl (C=O) groups excluding carboxylic acids is 1. The first kappa shape index (κ1) is 34.5. The van der Waals surface area contributed by atoms with E-state index in [4.69, 9.17) is 29.0 Å². The summed E-state index contributed by atoms with van der Waals surface area (Å²) in [5.41, 5.74) is 3.83. The number of nitrogens with two attached hydrogens (primary N) is 1. The summed E-state index contributed by atoms with van der Waals surface area (Å²) in [6.07, 6.45) is -3.52. The standard InChI is InChI=1S/C31H40FN6O8P/c1-7-42-26-23-25(35-29(33)36-26)38(17-34-23)28-31(6,40)24(32)22(45-28)15-44-47(41,37-18(2)27(39)43-16-30(3,4)5)46-21-14-10-12-19-11-8-9-13-20(19)21/h8-14,17-18,22,24,28,40H,7,15-16H2,1-6H3,(H,37,41)(H2,33,35,36)/t18-,22+,24+,28?,31+,47?/m0/s1. The predicted molar refractivity (Wildman–Crippen MR) is 171 cm³/mol. The van der Waals surface area contributed by atoms with Gasteiger partial charge in [0.05, 0.1) is 26.1 Å². The van der Waals surface area contributed by atoms with Crippen molar-refractivity contribution in [3.63, 3.8) is 0 Å². The van der Waals surface area contributed by atoms with Crippen molar-refractivity contribution < 1.29 is 42.1 Å². The van der Waals surface area contributed by atoms with E-state index in [1.54, 1.807) is 31.2 Å². The molecule has 0 aliphatic carbocycles. The molecule has 5 rings (SSSR count). The zero-order valence-corrected chi connectivity index (χ0v) is 27.9. The van der Waals surface area contributed by atoms with Crippen molar-refractivity contribution in [2.45, 2.75) is 71.7 Å². The van der Waals surface area contributed by atoms with Crippen molar-refractivity contribution in [2.24, 2.45) is 5.41 Å². The Morgan fingerprint density at radius 2 is 1.96 bits per heavy atom. The van der Waals surface area contributed by atoms with Gasteiger partial charge < -0.3 is 29.6 Å². The molecule has 2 unspecified atom stereocenters. The zero-order chi connectivity index (χ0) is 34.1. The highest BCUT2D eigenvalue weighted by molar-refractivity contribution is 7.52. The van der Waals surface area contributed by atoms with Crippen LogP contribution in [0.5, 0.6) is 11.6 Å². The number of fused-ring (bicyclic) bond motifs is 2. The molecule has 47 heavy (non-hydrogen) atoms. The Bertz CT molecular complexity index is 1790. The quantitative estimate of drug-likeness (QED) is 0.139. The highest BCUT2D eigenvalue weighted by Crippen LogP contribution is 2.49. The number of aromatic nitrogens is 4. The van der Waals surface area contributed by atoms with Crippen LogP contribution < -0.4 is 20.1 Å². The Kier molecular flexibility index (Phi) is 9.76. The summed E-state index contributed by atoms with van der Waals surface area (Å²) in [7, 11) is -4.43. The van der Waals surface area contributed by atoms with Gasteiger partial charge in [0.1, 0.15) is 23.5 Å². The molecule has 3 heterocycles. The minimum atomic E-state index is -4.43. The Hall–Kier alpha value is -3.88. The van der Waals surface area contributed by atoms with Gasteiger partial charge in [-0.15, -0.1) is 0 Å². The second-order valence-corrected chi connectivity index (χ2v) is 14.4. The molecular weight excluding hydrogens is 634 g/mol. The molecule has 0 bridgehead atoms. The molecule has 2 aromatic carbocycles. The van der Waals surface area contributed by atoms with Crippen molar-refractivity contribution in [2.75, 3.05) is 25.6 Å². The fraction of sp³-hybridized carbons (Fsp3) is 0.484. The van der Waals surface area contributed by atoms with E-state index in [9.17, 15) is 14.5 Å². The van der Waals surface area contributed by atoms with Crippen LogP contribution in [0.2, 0.25) is 0 Å². The molecule has 2 aromatic heterocycles. The summed E-state index contributed by atoms with van der Waals surface area (Å²) in [4.78, 5) is 25.3. The van der Waals surface area contributed by atoms with Crippen LogP contribution in [-0.4, -0.2) is 74.3 Å². The number of carbonyl (C=O) groups is 1.